The Bertz CT molecular complexity index is 492. The molecule has 0 aliphatic heterocycles. The first-order valence-electron chi connectivity index (χ1n) is 10.6. The summed E-state index contributed by atoms with van der Waals surface area (Å²) in [4.78, 5) is 0. The van der Waals surface area contributed by atoms with Crippen molar-refractivity contribution in [2.75, 3.05) is 6.61 Å². The van der Waals surface area contributed by atoms with Gasteiger partial charge in [0.1, 0.15) is 0 Å². The standard InChI is InChI=1S/C23H48O2Si2/c1-15-19(3)21(25-27(13,14)23(8,9)10)20(4)16-18(2)17-24-26(11,12)22(5,6)7/h1,18-21H,16-17H2,2-14H3/t18-,19+,20+,21+/m1/s1. The van der Waals surface area contributed by atoms with E-state index in [0.717, 1.165) is 13.0 Å². The lowest BCUT2D eigenvalue weighted by molar-refractivity contribution is 0.0780. The van der Waals surface area contributed by atoms with Crippen LogP contribution in [-0.4, -0.2) is 29.3 Å². The second-order valence-corrected chi connectivity index (χ2v) is 21.3. The molecule has 0 fully saturated rings. The first-order chi connectivity index (χ1) is 11.9. The van der Waals surface area contributed by atoms with Gasteiger partial charge in [0.05, 0.1) is 6.10 Å². The molecule has 0 rings (SSSR count). The fourth-order valence-electron chi connectivity index (χ4n) is 2.73. The van der Waals surface area contributed by atoms with Crippen LogP contribution in [0.3, 0.4) is 0 Å². The summed E-state index contributed by atoms with van der Waals surface area (Å²) in [5.74, 6) is 3.99. The van der Waals surface area contributed by atoms with E-state index in [1.165, 1.54) is 0 Å². The molecule has 0 amide bonds. The van der Waals surface area contributed by atoms with Crippen molar-refractivity contribution in [2.24, 2.45) is 17.8 Å². The predicted octanol–water partition coefficient (Wildman–Crippen LogP) is 7.33. The lowest BCUT2D eigenvalue weighted by Gasteiger charge is -2.42. The summed E-state index contributed by atoms with van der Waals surface area (Å²) in [6, 6.07) is 0. The minimum Gasteiger partial charge on any atom is -0.417 e. The van der Waals surface area contributed by atoms with Gasteiger partial charge in [-0.05, 0) is 61.4 Å². The van der Waals surface area contributed by atoms with Crippen LogP contribution >= 0.6 is 0 Å². The summed E-state index contributed by atoms with van der Waals surface area (Å²) in [7, 11) is -3.55. The molecular weight excluding hydrogens is 364 g/mol. The van der Waals surface area contributed by atoms with Crippen molar-refractivity contribution in [3.05, 3.63) is 0 Å². The Kier molecular flexibility index (Phi) is 9.58. The molecule has 0 radical (unpaired) electrons. The summed E-state index contributed by atoms with van der Waals surface area (Å²) in [6.07, 6.45) is 7.00. The molecule has 27 heavy (non-hydrogen) atoms. The van der Waals surface area contributed by atoms with Gasteiger partial charge in [-0.25, -0.2) is 0 Å². The van der Waals surface area contributed by atoms with E-state index in [-0.39, 0.29) is 22.1 Å². The average molecular weight is 413 g/mol. The van der Waals surface area contributed by atoms with Crippen LogP contribution in [0.2, 0.25) is 36.3 Å². The molecule has 0 bridgehead atoms. The number of hydrogen-bond acceptors (Lipinski definition) is 2. The van der Waals surface area contributed by atoms with Gasteiger partial charge in [0.2, 0.25) is 0 Å². The number of terminal acetylenes is 1. The highest BCUT2D eigenvalue weighted by atomic mass is 28.4. The Hall–Kier alpha value is -0.0862. The summed E-state index contributed by atoms with van der Waals surface area (Å²) < 4.78 is 13.2. The van der Waals surface area contributed by atoms with Crippen LogP contribution in [0, 0.1) is 30.1 Å². The van der Waals surface area contributed by atoms with Gasteiger partial charge in [0.25, 0.3) is 0 Å². The minimum absolute atomic E-state index is 0.117. The van der Waals surface area contributed by atoms with E-state index in [1.807, 2.05) is 0 Å². The van der Waals surface area contributed by atoms with Gasteiger partial charge < -0.3 is 8.85 Å². The fourth-order valence-corrected chi connectivity index (χ4v) is 5.33. The third kappa shape index (κ3) is 8.05. The van der Waals surface area contributed by atoms with Crippen LogP contribution in [0.4, 0.5) is 0 Å². The summed E-state index contributed by atoms with van der Waals surface area (Å²) in [6.45, 7) is 30.6. The highest BCUT2D eigenvalue weighted by molar-refractivity contribution is 6.74. The summed E-state index contributed by atoms with van der Waals surface area (Å²) in [5.41, 5.74) is 0. The van der Waals surface area contributed by atoms with Crippen molar-refractivity contribution in [3.63, 3.8) is 0 Å². The highest BCUT2D eigenvalue weighted by Crippen LogP contribution is 2.40. The van der Waals surface area contributed by atoms with E-state index in [1.54, 1.807) is 0 Å². The molecule has 0 saturated heterocycles. The molecule has 0 unspecified atom stereocenters. The zero-order valence-electron chi connectivity index (χ0n) is 20.6. The third-order valence-corrected chi connectivity index (χ3v) is 15.8. The van der Waals surface area contributed by atoms with Crippen LogP contribution in [0.1, 0.15) is 68.7 Å². The Balaban J connectivity index is 5.07. The van der Waals surface area contributed by atoms with E-state index in [9.17, 15) is 0 Å². The normalized spacial score (nSPS) is 18.5. The van der Waals surface area contributed by atoms with Crippen LogP contribution < -0.4 is 0 Å². The van der Waals surface area contributed by atoms with Crippen LogP contribution in [0.5, 0.6) is 0 Å². The first-order valence-corrected chi connectivity index (χ1v) is 16.4. The topological polar surface area (TPSA) is 18.5 Å². The first kappa shape index (κ1) is 26.9. The Labute approximate surface area is 173 Å². The molecule has 0 aromatic rings. The largest absolute Gasteiger partial charge is 0.417 e. The molecule has 0 saturated carbocycles. The van der Waals surface area contributed by atoms with Gasteiger partial charge in [-0.15, -0.1) is 12.3 Å². The van der Waals surface area contributed by atoms with Gasteiger partial charge >= 0.3 is 0 Å². The molecular formula is C23H48O2Si2. The molecule has 0 aliphatic carbocycles. The lowest BCUT2D eigenvalue weighted by Crippen LogP contribution is -2.47. The van der Waals surface area contributed by atoms with Crippen molar-refractivity contribution in [1.82, 2.24) is 0 Å². The Morgan fingerprint density at radius 3 is 1.67 bits per heavy atom. The average Bonchev–Trinajstić information content (AvgIpc) is 2.47. The van der Waals surface area contributed by atoms with Crippen molar-refractivity contribution in [1.29, 1.82) is 0 Å². The van der Waals surface area contributed by atoms with Gasteiger partial charge in [0, 0.05) is 12.5 Å². The third-order valence-electron chi connectivity index (χ3n) is 6.86. The number of hydrogen-bond donors (Lipinski definition) is 0. The van der Waals surface area contributed by atoms with E-state index < -0.39 is 16.6 Å². The van der Waals surface area contributed by atoms with Gasteiger partial charge in [-0.3, -0.25) is 0 Å². The molecule has 160 valence electrons. The van der Waals surface area contributed by atoms with Gasteiger partial charge in [0.15, 0.2) is 16.6 Å². The Morgan fingerprint density at radius 1 is 0.852 bits per heavy atom. The predicted molar refractivity (Wildman–Crippen MR) is 126 cm³/mol. The van der Waals surface area contributed by atoms with Crippen molar-refractivity contribution >= 4 is 16.6 Å². The minimum atomic E-state index is -1.85. The van der Waals surface area contributed by atoms with Crippen LogP contribution in [0.25, 0.3) is 0 Å². The molecule has 0 heterocycles. The smallest absolute Gasteiger partial charge is 0.192 e. The van der Waals surface area contributed by atoms with Gasteiger partial charge in [-0.1, -0.05) is 55.4 Å². The molecule has 0 spiro atoms. The maximum absolute atomic E-state index is 6.78. The van der Waals surface area contributed by atoms with E-state index in [0.29, 0.717) is 11.8 Å². The molecule has 2 nitrogen and oxygen atoms in total. The maximum atomic E-state index is 6.78. The second kappa shape index (κ2) is 9.61. The van der Waals surface area contributed by atoms with Gasteiger partial charge in [-0.2, -0.15) is 0 Å². The molecule has 0 N–H and O–H groups in total. The zero-order chi connectivity index (χ0) is 21.8. The fraction of sp³-hybridized carbons (Fsp3) is 0.913. The quantitative estimate of drug-likeness (QED) is 0.291. The van der Waals surface area contributed by atoms with Crippen molar-refractivity contribution < 1.29 is 8.85 Å². The number of rotatable bonds is 9. The molecule has 0 aromatic heterocycles. The van der Waals surface area contributed by atoms with Crippen LogP contribution in [-0.2, 0) is 8.85 Å². The van der Waals surface area contributed by atoms with Crippen molar-refractivity contribution in [3.8, 4) is 12.3 Å². The SMILES string of the molecule is C#C[C@H](C)[C@H](O[Si](C)(C)C(C)(C)C)[C@@H](C)C[C@@H](C)CO[Si](C)(C)C(C)(C)C. The highest BCUT2D eigenvalue weighted by Gasteiger charge is 2.42. The van der Waals surface area contributed by atoms with E-state index in [4.69, 9.17) is 15.3 Å². The molecule has 4 heteroatoms. The lowest BCUT2D eigenvalue weighted by atomic mass is 9.87. The monoisotopic (exact) mass is 412 g/mol. The Morgan fingerprint density at radius 2 is 1.30 bits per heavy atom. The van der Waals surface area contributed by atoms with E-state index in [2.05, 4.69) is 94.4 Å². The summed E-state index contributed by atoms with van der Waals surface area (Å²) >= 11 is 0. The van der Waals surface area contributed by atoms with E-state index >= 15 is 0 Å². The molecule has 0 aromatic carbocycles. The zero-order valence-corrected chi connectivity index (χ0v) is 22.6. The second-order valence-electron chi connectivity index (χ2n) is 11.7. The van der Waals surface area contributed by atoms with Crippen molar-refractivity contribution in [2.45, 2.75) is 111 Å². The van der Waals surface area contributed by atoms with Crippen LogP contribution in [0.15, 0.2) is 0 Å². The summed E-state index contributed by atoms with van der Waals surface area (Å²) in [5, 5.41) is 0.445. The molecule has 0 aliphatic rings. The molecule has 4 atom stereocenters. The maximum Gasteiger partial charge on any atom is 0.192 e.